The van der Waals surface area contributed by atoms with Crippen molar-refractivity contribution in [2.75, 3.05) is 6.61 Å². The molecular weight excluding hydrogens is 220 g/mol. The number of Topliss-reactive ketones (excluding diaryl/α,β-unsaturated/α-hetero) is 2. The molecule has 0 aromatic carbocycles. The van der Waals surface area contributed by atoms with E-state index in [9.17, 15) is 14.4 Å². The van der Waals surface area contributed by atoms with Gasteiger partial charge in [0.05, 0.1) is 6.61 Å². The van der Waals surface area contributed by atoms with Crippen molar-refractivity contribution < 1.29 is 19.1 Å². The zero-order chi connectivity index (χ0) is 14.3. The number of hydrogen-bond donors (Lipinski definition) is 0. The maximum absolute atomic E-state index is 10.3. The number of unbranched alkanes of at least 4 members (excludes halogenated alkanes) is 1. The number of rotatable bonds is 4. The van der Waals surface area contributed by atoms with Crippen LogP contribution in [0, 0.1) is 0 Å². The van der Waals surface area contributed by atoms with Gasteiger partial charge in [-0.3, -0.25) is 0 Å². The molecule has 0 amide bonds. The molecule has 0 saturated carbocycles. The summed E-state index contributed by atoms with van der Waals surface area (Å²) in [4.78, 5) is 29.2. The summed E-state index contributed by atoms with van der Waals surface area (Å²) in [5.41, 5.74) is 0. The van der Waals surface area contributed by atoms with E-state index in [0.717, 1.165) is 12.8 Å². The van der Waals surface area contributed by atoms with Crippen molar-refractivity contribution >= 4 is 17.5 Å². The Kier molecular flexibility index (Phi) is 20.9. The summed E-state index contributed by atoms with van der Waals surface area (Å²) in [7, 11) is 0. The number of ether oxygens (including phenoxy) is 1. The smallest absolute Gasteiger partial charge is 0.330 e. The summed E-state index contributed by atoms with van der Waals surface area (Å²) in [5, 5.41) is 0. The van der Waals surface area contributed by atoms with Crippen LogP contribution in [-0.2, 0) is 19.1 Å². The second-order valence-corrected chi connectivity index (χ2v) is 3.54. The second-order valence-electron chi connectivity index (χ2n) is 3.54. The second kappa shape index (κ2) is 17.0. The monoisotopic (exact) mass is 244 g/mol. The zero-order valence-corrected chi connectivity index (χ0v) is 11.5. The number of carbonyl (C=O) groups excluding carboxylic acids is 3. The molecule has 0 atom stereocenters. The summed E-state index contributed by atoms with van der Waals surface area (Å²) in [5.74, 6) is 0.00319. The first-order valence-electron chi connectivity index (χ1n) is 5.51. The normalized spacial score (nSPS) is 7.59. The molecular formula is C13H24O4. The van der Waals surface area contributed by atoms with E-state index in [0.29, 0.717) is 6.61 Å². The summed E-state index contributed by atoms with van der Waals surface area (Å²) < 4.78 is 4.67. The van der Waals surface area contributed by atoms with Gasteiger partial charge in [0.25, 0.3) is 0 Å². The molecule has 17 heavy (non-hydrogen) atoms. The maximum Gasteiger partial charge on any atom is 0.330 e. The van der Waals surface area contributed by atoms with Gasteiger partial charge in [0, 0.05) is 6.08 Å². The van der Waals surface area contributed by atoms with E-state index < -0.39 is 0 Å². The van der Waals surface area contributed by atoms with Crippen LogP contribution in [0.3, 0.4) is 0 Å². The molecule has 100 valence electrons. The summed E-state index contributed by atoms with van der Waals surface area (Å²) in [6, 6.07) is 0. The van der Waals surface area contributed by atoms with Crippen LogP contribution in [0.4, 0.5) is 0 Å². The molecule has 0 fully saturated rings. The van der Waals surface area contributed by atoms with E-state index in [1.807, 2.05) is 6.92 Å². The van der Waals surface area contributed by atoms with E-state index in [-0.39, 0.29) is 17.5 Å². The topological polar surface area (TPSA) is 60.4 Å². The van der Waals surface area contributed by atoms with Gasteiger partial charge in [-0.2, -0.15) is 0 Å². The fraction of sp³-hybridized carbons (Fsp3) is 0.615. The Labute approximate surface area is 104 Å². The van der Waals surface area contributed by atoms with Crippen LogP contribution in [0.1, 0.15) is 47.5 Å². The minimum absolute atomic E-state index is 0.167. The lowest BCUT2D eigenvalue weighted by Crippen LogP contribution is -2.00. The van der Waals surface area contributed by atoms with Gasteiger partial charge in [0.1, 0.15) is 11.6 Å². The van der Waals surface area contributed by atoms with Crippen LogP contribution in [0.15, 0.2) is 12.7 Å². The molecule has 0 aliphatic carbocycles. The molecule has 0 N–H and O–H groups in total. The fourth-order valence-corrected chi connectivity index (χ4v) is 0.376. The quantitative estimate of drug-likeness (QED) is 0.433. The van der Waals surface area contributed by atoms with E-state index >= 15 is 0 Å². The molecule has 0 rings (SSSR count). The van der Waals surface area contributed by atoms with Gasteiger partial charge in [-0.15, -0.1) is 0 Å². The lowest BCUT2D eigenvalue weighted by atomic mass is 10.4. The maximum atomic E-state index is 10.3. The van der Waals surface area contributed by atoms with Crippen LogP contribution < -0.4 is 0 Å². The molecule has 4 nitrogen and oxygen atoms in total. The predicted octanol–water partition coefficient (Wildman–Crippen LogP) is 2.71. The highest BCUT2D eigenvalue weighted by atomic mass is 16.5. The number of ketones is 2. The third kappa shape index (κ3) is 74.4. The van der Waals surface area contributed by atoms with Crippen LogP contribution in [0.2, 0.25) is 0 Å². The average Bonchev–Trinajstić information content (AvgIpc) is 2.16. The van der Waals surface area contributed by atoms with Gasteiger partial charge in [-0.05, 0) is 34.1 Å². The summed E-state index contributed by atoms with van der Waals surface area (Å²) in [6.07, 6.45) is 3.15. The first-order valence-corrected chi connectivity index (χ1v) is 5.51. The van der Waals surface area contributed by atoms with Crippen molar-refractivity contribution in [3.8, 4) is 0 Å². The number of hydrogen-bond acceptors (Lipinski definition) is 4. The van der Waals surface area contributed by atoms with E-state index in [4.69, 9.17) is 0 Å². The largest absolute Gasteiger partial charge is 0.463 e. The molecule has 0 aromatic rings. The fourth-order valence-electron chi connectivity index (χ4n) is 0.376. The molecule has 0 unspecified atom stereocenters. The molecule has 0 heterocycles. The Morgan fingerprint density at radius 1 is 1.06 bits per heavy atom. The predicted molar refractivity (Wildman–Crippen MR) is 68.8 cm³/mol. The highest BCUT2D eigenvalue weighted by Crippen LogP contribution is 1.88. The summed E-state index contributed by atoms with van der Waals surface area (Å²) in [6.45, 7) is 11.9. The Balaban J connectivity index is -0.000000205. The third-order valence-corrected chi connectivity index (χ3v) is 0.909. The Morgan fingerprint density at radius 2 is 1.41 bits per heavy atom. The van der Waals surface area contributed by atoms with Crippen molar-refractivity contribution in [3.05, 3.63) is 12.7 Å². The Bertz CT molecular complexity index is 212. The Morgan fingerprint density at radius 3 is 1.65 bits per heavy atom. The SMILES string of the molecule is C=CC(=O)OCCCC.CC(C)=O.CC(C)=O. The third-order valence-electron chi connectivity index (χ3n) is 0.909. The van der Waals surface area contributed by atoms with Gasteiger partial charge < -0.3 is 14.3 Å². The number of esters is 1. The lowest BCUT2D eigenvalue weighted by molar-refractivity contribution is -0.137. The Hall–Kier alpha value is -1.45. The summed E-state index contributed by atoms with van der Waals surface area (Å²) >= 11 is 0. The average molecular weight is 244 g/mol. The zero-order valence-electron chi connectivity index (χ0n) is 11.5. The molecule has 0 saturated heterocycles. The van der Waals surface area contributed by atoms with Crippen LogP contribution in [0.25, 0.3) is 0 Å². The van der Waals surface area contributed by atoms with E-state index in [1.165, 1.54) is 33.8 Å². The molecule has 0 aliphatic rings. The van der Waals surface area contributed by atoms with Crippen LogP contribution >= 0.6 is 0 Å². The van der Waals surface area contributed by atoms with Crippen LogP contribution in [-0.4, -0.2) is 24.1 Å². The van der Waals surface area contributed by atoms with Crippen molar-refractivity contribution in [1.29, 1.82) is 0 Å². The lowest BCUT2D eigenvalue weighted by Gasteiger charge is -1.97. The highest BCUT2D eigenvalue weighted by Gasteiger charge is 1.91. The molecule has 0 bridgehead atoms. The number of carbonyl (C=O) groups is 3. The van der Waals surface area contributed by atoms with Gasteiger partial charge in [-0.25, -0.2) is 4.79 Å². The van der Waals surface area contributed by atoms with Crippen molar-refractivity contribution in [2.45, 2.75) is 47.5 Å². The van der Waals surface area contributed by atoms with Crippen molar-refractivity contribution in [1.82, 2.24) is 0 Å². The van der Waals surface area contributed by atoms with Gasteiger partial charge >= 0.3 is 5.97 Å². The molecule has 4 heteroatoms. The minimum Gasteiger partial charge on any atom is -0.463 e. The first-order chi connectivity index (χ1) is 7.77. The van der Waals surface area contributed by atoms with Crippen LogP contribution in [0.5, 0.6) is 0 Å². The van der Waals surface area contributed by atoms with Crippen molar-refractivity contribution in [3.63, 3.8) is 0 Å². The van der Waals surface area contributed by atoms with Crippen molar-refractivity contribution in [2.24, 2.45) is 0 Å². The highest BCUT2D eigenvalue weighted by molar-refractivity contribution is 5.81. The van der Waals surface area contributed by atoms with Gasteiger partial charge in [-0.1, -0.05) is 19.9 Å². The van der Waals surface area contributed by atoms with Gasteiger partial charge in [0.15, 0.2) is 0 Å². The molecule has 0 aromatic heterocycles. The van der Waals surface area contributed by atoms with Gasteiger partial charge in [0.2, 0.25) is 0 Å². The molecule has 0 radical (unpaired) electrons. The molecule has 0 aliphatic heterocycles. The molecule has 0 spiro atoms. The minimum atomic E-state index is -0.330. The first kappa shape index (κ1) is 20.9. The van der Waals surface area contributed by atoms with E-state index in [2.05, 4.69) is 11.3 Å². The van der Waals surface area contributed by atoms with E-state index in [1.54, 1.807) is 0 Å². The standard InChI is InChI=1S/C7H12O2.2C3H6O/c1-3-5-6-9-7(8)4-2;2*1-3(2)4/h4H,2-3,5-6H2,1H3;2*1-2H3.